The molecule has 1 N–H and O–H groups in total. The van der Waals surface area contributed by atoms with E-state index in [4.69, 9.17) is 0 Å². The third kappa shape index (κ3) is 2.69. The molecule has 0 radical (unpaired) electrons. The number of aliphatic hydroxyl groups is 1. The van der Waals surface area contributed by atoms with E-state index in [1.54, 1.807) is 0 Å². The van der Waals surface area contributed by atoms with Crippen LogP contribution in [0.3, 0.4) is 0 Å². The summed E-state index contributed by atoms with van der Waals surface area (Å²) in [6, 6.07) is 16.9. The van der Waals surface area contributed by atoms with Crippen LogP contribution in [-0.2, 0) is 34.6 Å². The van der Waals surface area contributed by atoms with E-state index in [9.17, 15) is 5.11 Å². The average Bonchev–Trinajstić information content (AvgIpc) is 2.76. The summed E-state index contributed by atoms with van der Waals surface area (Å²) in [5.74, 6) is 0. The van der Waals surface area contributed by atoms with Crippen LogP contribution < -0.4 is 0 Å². The largest absolute Gasteiger partial charge is 0.389 e. The summed E-state index contributed by atoms with van der Waals surface area (Å²) >= 11 is 0. The van der Waals surface area contributed by atoms with Gasteiger partial charge in [0, 0.05) is 34.6 Å². The molecule has 2 aromatic rings. The van der Waals surface area contributed by atoms with Gasteiger partial charge in [0.05, 0.1) is 5.60 Å². The third-order valence-corrected chi connectivity index (χ3v) is 4.04. The summed E-state index contributed by atoms with van der Waals surface area (Å²) in [4.78, 5) is 0. The first kappa shape index (κ1) is 14.5. The molecule has 0 bridgehead atoms. The molecule has 1 aliphatic rings. The second-order valence-electron chi connectivity index (χ2n) is 5.24. The van der Waals surface area contributed by atoms with Crippen LogP contribution >= 0.6 is 0 Å². The predicted octanol–water partition coefficient (Wildman–Crippen LogP) is 3.59. The molecule has 2 heteroatoms. The van der Waals surface area contributed by atoms with Gasteiger partial charge in [0.1, 0.15) is 0 Å². The normalized spacial score (nSPS) is 20.7. The van der Waals surface area contributed by atoms with Gasteiger partial charge >= 0.3 is 0 Å². The van der Waals surface area contributed by atoms with Crippen LogP contribution in [0.1, 0.15) is 24.5 Å². The molecule has 0 aliphatic heterocycles. The molecule has 0 saturated carbocycles. The molecule has 0 spiro atoms. The minimum Gasteiger partial charge on any atom is -0.389 e. The maximum absolute atomic E-state index is 10.5. The predicted molar refractivity (Wildman–Crippen MR) is 74.5 cm³/mol. The molecule has 19 heavy (non-hydrogen) atoms. The zero-order chi connectivity index (χ0) is 12.6. The summed E-state index contributed by atoms with van der Waals surface area (Å²) in [5, 5.41) is 10.5. The zero-order valence-electron chi connectivity index (χ0n) is 11.2. The Balaban J connectivity index is 0.00000133. The van der Waals surface area contributed by atoms with Gasteiger partial charge in [-0.3, -0.25) is 0 Å². The Morgan fingerprint density at radius 1 is 1.00 bits per heavy atom. The third-order valence-electron chi connectivity index (χ3n) is 4.04. The summed E-state index contributed by atoms with van der Waals surface area (Å²) in [6.45, 7) is 2.06. The van der Waals surface area contributed by atoms with Gasteiger partial charge in [-0.1, -0.05) is 55.5 Å². The van der Waals surface area contributed by atoms with E-state index in [1.807, 2.05) is 6.07 Å². The van der Waals surface area contributed by atoms with Crippen LogP contribution in [0.15, 0.2) is 48.5 Å². The first-order chi connectivity index (χ1) is 8.72. The van der Waals surface area contributed by atoms with Crippen molar-refractivity contribution in [2.75, 3.05) is 0 Å². The summed E-state index contributed by atoms with van der Waals surface area (Å²) in [6.07, 6.45) is 2.39. The van der Waals surface area contributed by atoms with Crippen molar-refractivity contribution in [3.8, 4) is 11.1 Å². The van der Waals surface area contributed by atoms with E-state index in [0.717, 1.165) is 19.3 Å². The van der Waals surface area contributed by atoms with E-state index in [2.05, 4.69) is 49.4 Å². The Kier molecular flexibility index (Phi) is 4.30. The molecule has 1 nitrogen and oxygen atoms in total. The smallest absolute Gasteiger partial charge is 0.0725 e. The molecule has 0 aromatic heterocycles. The molecule has 3 rings (SSSR count). The number of rotatable bonds is 2. The monoisotopic (exact) mass is 286 g/mol. The van der Waals surface area contributed by atoms with Gasteiger partial charge in [-0.15, -0.1) is 0 Å². The number of hydrogen-bond acceptors (Lipinski definition) is 1. The van der Waals surface area contributed by atoms with E-state index in [0.29, 0.717) is 0 Å². The standard InChI is InChI=1S/C17H18O.Ti/c1-2-17(18)11-14-9-6-10-15(16(14)12-17)13-7-4-3-5-8-13;/h3-10,18H,2,11-12H2,1H3;. The Hall–Kier alpha value is -0.886. The summed E-state index contributed by atoms with van der Waals surface area (Å²) < 4.78 is 0. The van der Waals surface area contributed by atoms with Crippen molar-refractivity contribution in [1.29, 1.82) is 0 Å². The number of hydrogen-bond donors (Lipinski definition) is 1. The molecule has 0 fully saturated rings. The van der Waals surface area contributed by atoms with Gasteiger partial charge in [0.15, 0.2) is 0 Å². The average molecular weight is 286 g/mol. The van der Waals surface area contributed by atoms with Gasteiger partial charge in [-0.05, 0) is 28.7 Å². The Bertz CT molecular complexity index is 565. The van der Waals surface area contributed by atoms with Crippen molar-refractivity contribution in [3.05, 3.63) is 59.7 Å². The summed E-state index contributed by atoms with van der Waals surface area (Å²) in [5.41, 5.74) is 4.62. The van der Waals surface area contributed by atoms with E-state index < -0.39 is 5.60 Å². The molecule has 1 aliphatic carbocycles. The van der Waals surface area contributed by atoms with E-state index in [-0.39, 0.29) is 21.7 Å². The van der Waals surface area contributed by atoms with Crippen molar-refractivity contribution >= 4 is 0 Å². The van der Waals surface area contributed by atoms with E-state index >= 15 is 0 Å². The van der Waals surface area contributed by atoms with Gasteiger partial charge < -0.3 is 5.11 Å². The van der Waals surface area contributed by atoms with Crippen LogP contribution in [0.5, 0.6) is 0 Å². The zero-order valence-corrected chi connectivity index (χ0v) is 12.7. The van der Waals surface area contributed by atoms with Crippen LogP contribution in [0, 0.1) is 0 Å². The number of benzene rings is 2. The molecule has 96 valence electrons. The van der Waals surface area contributed by atoms with Crippen LogP contribution in [0.25, 0.3) is 11.1 Å². The molecule has 0 saturated heterocycles. The molecular formula is C17H18OTi. The molecule has 1 atom stereocenters. The maximum atomic E-state index is 10.5. The van der Waals surface area contributed by atoms with Gasteiger partial charge in [0.2, 0.25) is 0 Å². The van der Waals surface area contributed by atoms with Crippen LogP contribution in [0.2, 0.25) is 0 Å². The second-order valence-corrected chi connectivity index (χ2v) is 5.24. The fraction of sp³-hybridized carbons (Fsp3) is 0.294. The van der Waals surface area contributed by atoms with Crippen molar-refractivity contribution in [1.82, 2.24) is 0 Å². The molecule has 1 unspecified atom stereocenters. The van der Waals surface area contributed by atoms with Crippen LogP contribution in [-0.4, -0.2) is 10.7 Å². The maximum Gasteiger partial charge on any atom is 0.0725 e. The first-order valence-electron chi connectivity index (χ1n) is 6.60. The Morgan fingerprint density at radius 3 is 2.42 bits per heavy atom. The number of fused-ring (bicyclic) bond motifs is 1. The van der Waals surface area contributed by atoms with Gasteiger partial charge in [0.25, 0.3) is 0 Å². The molecular weight excluding hydrogens is 268 g/mol. The first-order valence-corrected chi connectivity index (χ1v) is 6.60. The summed E-state index contributed by atoms with van der Waals surface area (Å²) in [7, 11) is 0. The fourth-order valence-electron chi connectivity index (χ4n) is 2.89. The second kappa shape index (κ2) is 5.62. The van der Waals surface area contributed by atoms with Gasteiger partial charge in [-0.25, -0.2) is 0 Å². The van der Waals surface area contributed by atoms with Crippen molar-refractivity contribution in [3.63, 3.8) is 0 Å². The van der Waals surface area contributed by atoms with Crippen molar-refractivity contribution < 1.29 is 26.8 Å². The van der Waals surface area contributed by atoms with E-state index in [1.165, 1.54) is 22.3 Å². The molecule has 0 heterocycles. The quantitative estimate of drug-likeness (QED) is 0.836. The van der Waals surface area contributed by atoms with Crippen molar-refractivity contribution in [2.45, 2.75) is 31.8 Å². The van der Waals surface area contributed by atoms with Crippen molar-refractivity contribution in [2.24, 2.45) is 0 Å². The fourth-order valence-corrected chi connectivity index (χ4v) is 2.89. The molecule has 0 amide bonds. The van der Waals surface area contributed by atoms with Crippen LogP contribution in [0.4, 0.5) is 0 Å². The minimum absolute atomic E-state index is 0. The SMILES string of the molecule is CCC1(O)Cc2cccc(-c3ccccc3)c2C1.[Ti]. The topological polar surface area (TPSA) is 20.2 Å². The minimum atomic E-state index is -0.535. The molecule has 2 aromatic carbocycles. The Labute approximate surface area is 129 Å². The van der Waals surface area contributed by atoms with Gasteiger partial charge in [-0.2, -0.15) is 0 Å². The Morgan fingerprint density at radius 2 is 1.74 bits per heavy atom.